The number of nitrogens with one attached hydrogen (secondary N) is 1. The van der Waals surface area contributed by atoms with E-state index in [9.17, 15) is 4.79 Å². The molecular formula is C23H37NO2S. The third kappa shape index (κ3) is 22.3. The first-order valence-electron chi connectivity index (χ1n) is 10.1. The fourth-order valence-corrected chi connectivity index (χ4v) is 2.22. The number of allylic oxidation sites excluding steroid dienone is 10. The van der Waals surface area contributed by atoms with Crippen LogP contribution in [0.15, 0.2) is 60.8 Å². The average molecular weight is 392 g/mol. The molecule has 0 atom stereocenters. The van der Waals surface area contributed by atoms with Crippen LogP contribution in [-0.2, 0) is 4.74 Å². The Kier molecular flexibility index (Phi) is 21.0. The van der Waals surface area contributed by atoms with Crippen LogP contribution in [0.2, 0.25) is 0 Å². The molecule has 0 fully saturated rings. The van der Waals surface area contributed by atoms with E-state index in [1.807, 2.05) is 0 Å². The van der Waals surface area contributed by atoms with Gasteiger partial charge in [-0.15, -0.1) is 0 Å². The minimum absolute atomic E-state index is 0.348. The summed E-state index contributed by atoms with van der Waals surface area (Å²) in [7, 11) is 0. The minimum Gasteiger partial charge on any atom is -0.450 e. The van der Waals surface area contributed by atoms with E-state index in [2.05, 4.69) is 85.6 Å². The number of alkyl carbamates (subject to hydrolysis) is 1. The molecule has 0 unspecified atom stereocenters. The second kappa shape index (κ2) is 22.4. The van der Waals surface area contributed by atoms with Gasteiger partial charge in [0.1, 0.15) is 0 Å². The van der Waals surface area contributed by atoms with E-state index < -0.39 is 0 Å². The summed E-state index contributed by atoms with van der Waals surface area (Å²) in [5.74, 6) is 0.624. The molecule has 0 aromatic carbocycles. The Bertz CT molecular complexity index is 479. The second-order valence-electron chi connectivity index (χ2n) is 5.99. The van der Waals surface area contributed by atoms with Crippen LogP contribution >= 0.6 is 12.6 Å². The maximum Gasteiger partial charge on any atom is 0.407 e. The van der Waals surface area contributed by atoms with Crippen LogP contribution in [0.1, 0.15) is 58.3 Å². The summed E-state index contributed by atoms with van der Waals surface area (Å²) in [6.45, 7) is 3.17. The second-order valence-corrected chi connectivity index (χ2v) is 6.44. The Labute approximate surface area is 171 Å². The minimum atomic E-state index is -0.348. The molecule has 0 saturated heterocycles. The largest absolute Gasteiger partial charge is 0.450 e. The molecule has 0 radical (unpaired) electrons. The van der Waals surface area contributed by atoms with E-state index in [4.69, 9.17) is 4.74 Å². The van der Waals surface area contributed by atoms with Gasteiger partial charge >= 0.3 is 6.09 Å². The maximum atomic E-state index is 11.2. The van der Waals surface area contributed by atoms with Gasteiger partial charge in [0, 0.05) is 12.3 Å². The molecular weight excluding hydrogens is 354 g/mol. The van der Waals surface area contributed by atoms with Gasteiger partial charge in [-0.2, -0.15) is 12.6 Å². The molecule has 1 amide bonds. The fraction of sp³-hybridized carbons (Fsp3) is 0.522. The summed E-state index contributed by atoms with van der Waals surface area (Å²) in [5.41, 5.74) is 0. The van der Waals surface area contributed by atoms with Gasteiger partial charge in [-0.05, 0) is 51.4 Å². The van der Waals surface area contributed by atoms with Crippen molar-refractivity contribution in [3.8, 4) is 0 Å². The molecule has 0 aromatic rings. The molecule has 0 saturated carbocycles. The average Bonchev–Trinajstić information content (AvgIpc) is 2.68. The first-order valence-corrected chi connectivity index (χ1v) is 10.7. The summed E-state index contributed by atoms with van der Waals surface area (Å²) in [6.07, 6.45) is 29.7. The molecule has 0 heterocycles. The van der Waals surface area contributed by atoms with Crippen molar-refractivity contribution < 1.29 is 9.53 Å². The molecule has 1 N–H and O–H groups in total. The van der Waals surface area contributed by atoms with Crippen molar-refractivity contribution in [3.63, 3.8) is 0 Å². The smallest absolute Gasteiger partial charge is 0.407 e. The van der Waals surface area contributed by atoms with Crippen molar-refractivity contribution in [3.05, 3.63) is 60.8 Å². The monoisotopic (exact) mass is 391 g/mol. The Balaban J connectivity index is 3.44. The lowest BCUT2D eigenvalue weighted by molar-refractivity contribution is 0.145. The molecule has 0 aromatic heterocycles. The number of rotatable bonds is 16. The normalized spacial score (nSPS) is 12.4. The third-order valence-electron chi connectivity index (χ3n) is 3.54. The number of carbonyl (C=O) groups excluding carboxylic acids is 1. The molecule has 0 aliphatic carbocycles. The van der Waals surface area contributed by atoms with Crippen molar-refractivity contribution >= 4 is 18.7 Å². The van der Waals surface area contributed by atoms with Gasteiger partial charge in [0.25, 0.3) is 0 Å². The highest BCUT2D eigenvalue weighted by Gasteiger charge is 1.98. The van der Waals surface area contributed by atoms with E-state index in [1.165, 1.54) is 0 Å². The topological polar surface area (TPSA) is 38.3 Å². The summed E-state index contributed by atoms with van der Waals surface area (Å²) >= 11 is 4.02. The summed E-state index contributed by atoms with van der Waals surface area (Å²) in [4.78, 5) is 11.2. The van der Waals surface area contributed by atoms with Gasteiger partial charge < -0.3 is 10.1 Å². The van der Waals surface area contributed by atoms with Gasteiger partial charge in [0.15, 0.2) is 0 Å². The zero-order valence-corrected chi connectivity index (χ0v) is 17.7. The predicted octanol–water partition coefficient (Wildman–Crippen LogP) is 6.56. The first-order chi connectivity index (χ1) is 13.3. The van der Waals surface area contributed by atoms with Crippen LogP contribution in [0.5, 0.6) is 0 Å². The SMILES string of the molecule is CCC=CCC=CCC=CCC=CCC=CCCCCOC(=O)NCCS. The van der Waals surface area contributed by atoms with Crippen molar-refractivity contribution in [2.75, 3.05) is 18.9 Å². The van der Waals surface area contributed by atoms with E-state index in [0.717, 1.165) is 51.4 Å². The Morgan fingerprint density at radius 1 is 0.815 bits per heavy atom. The molecule has 0 rings (SSSR count). The van der Waals surface area contributed by atoms with Crippen LogP contribution in [0.25, 0.3) is 0 Å². The van der Waals surface area contributed by atoms with E-state index in [-0.39, 0.29) is 6.09 Å². The Morgan fingerprint density at radius 2 is 1.33 bits per heavy atom. The highest BCUT2D eigenvalue weighted by atomic mass is 32.1. The number of carbonyl (C=O) groups is 1. The van der Waals surface area contributed by atoms with E-state index >= 15 is 0 Å². The number of thiol groups is 1. The van der Waals surface area contributed by atoms with Crippen molar-refractivity contribution in [1.82, 2.24) is 5.32 Å². The quantitative estimate of drug-likeness (QED) is 0.177. The van der Waals surface area contributed by atoms with Crippen LogP contribution in [0, 0.1) is 0 Å². The zero-order chi connectivity index (χ0) is 19.8. The van der Waals surface area contributed by atoms with Gasteiger partial charge in [0.05, 0.1) is 6.61 Å². The van der Waals surface area contributed by atoms with Gasteiger partial charge in [0.2, 0.25) is 0 Å². The number of hydrogen-bond donors (Lipinski definition) is 2. The van der Waals surface area contributed by atoms with E-state index in [1.54, 1.807) is 0 Å². The molecule has 0 aliphatic heterocycles. The first kappa shape index (κ1) is 25.3. The lowest BCUT2D eigenvalue weighted by Gasteiger charge is -2.04. The van der Waals surface area contributed by atoms with E-state index in [0.29, 0.717) is 18.9 Å². The number of ether oxygens (including phenoxy) is 1. The highest BCUT2D eigenvalue weighted by Crippen LogP contribution is 2.00. The summed E-state index contributed by atoms with van der Waals surface area (Å²) in [6, 6.07) is 0. The molecule has 3 nitrogen and oxygen atoms in total. The van der Waals surface area contributed by atoms with Gasteiger partial charge in [-0.25, -0.2) is 4.79 Å². The Hall–Kier alpha value is -1.68. The summed E-state index contributed by atoms with van der Waals surface area (Å²) < 4.78 is 5.04. The van der Waals surface area contributed by atoms with Gasteiger partial charge in [-0.3, -0.25) is 0 Å². The van der Waals surface area contributed by atoms with Crippen LogP contribution < -0.4 is 5.32 Å². The standard InChI is InChI=1S/C23H37NO2S/c1-2-3-4-5-6-7-8-9-10-11-12-13-14-15-16-17-18-19-21-26-23(25)24-20-22-27/h3-4,6-7,9-10,12-13,15-16,27H,2,5,8,11,14,17-22H2,1H3,(H,24,25). The van der Waals surface area contributed by atoms with Gasteiger partial charge in [-0.1, -0.05) is 67.7 Å². The third-order valence-corrected chi connectivity index (χ3v) is 3.76. The summed E-state index contributed by atoms with van der Waals surface area (Å²) in [5, 5.41) is 2.62. The fourth-order valence-electron chi connectivity index (χ4n) is 2.11. The molecule has 152 valence electrons. The van der Waals surface area contributed by atoms with Crippen LogP contribution in [0.3, 0.4) is 0 Å². The van der Waals surface area contributed by atoms with Crippen molar-refractivity contribution in [2.45, 2.75) is 58.3 Å². The molecule has 27 heavy (non-hydrogen) atoms. The van der Waals surface area contributed by atoms with Crippen molar-refractivity contribution in [1.29, 1.82) is 0 Å². The van der Waals surface area contributed by atoms with Crippen LogP contribution in [-0.4, -0.2) is 25.0 Å². The number of unbranched alkanes of at least 4 members (excludes halogenated alkanes) is 2. The highest BCUT2D eigenvalue weighted by molar-refractivity contribution is 7.80. The lowest BCUT2D eigenvalue weighted by Crippen LogP contribution is -2.26. The lowest BCUT2D eigenvalue weighted by atomic mass is 10.2. The molecule has 0 spiro atoms. The van der Waals surface area contributed by atoms with Crippen molar-refractivity contribution in [2.24, 2.45) is 0 Å². The number of amides is 1. The number of hydrogen-bond acceptors (Lipinski definition) is 3. The van der Waals surface area contributed by atoms with Crippen LogP contribution in [0.4, 0.5) is 4.79 Å². The predicted molar refractivity (Wildman–Crippen MR) is 122 cm³/mol. The molecule has 0 aliphatic rings. The maximum absolute atomic E-state index is 11.2. The molecule has 0 bridgehead atoms. The zero-order valence-electron chi connectivity index (χ0n) is 16.8. The molecule has 4 heteroatoms. The Morgan fingerprint density at radius 3 is 1.85 bits per heavy atom.